The van der Waals surface area contributed by atoms with Crippen LogP contribution in [-0.2, 0) is 0 Å². The van der Waals surface area contributed by atoms with Gasteiger partial charge in [-0.1, -0.05) is 23.2 Å². The first-order chi connectivity index (χ1) is 10.9. The van der Waals surface area contributed by atoms with Crippen LogP contribution in [0.15, 0.2) is 23.1 Å². The molecule has 1 fully saturated rings. The highest BCUT2D eigenvalue weighted by atomic mass is 35.5. The predicted octanol–water partition coefficient (Wildman–Crippen LogP) is 2.80. The molecule has 0 radical (unpaired) electrons. The van der Waals surface area contributed by atoms with Crippen LogP contribution in [0.5, 0.6) is 5.75 Å². The smallest absolute Gasteiger partial charge is 0.277 e. The molecule has 0 spiro atoms. The maximum Gasteiger partial charge on any atom is 0.277 e. The minimum absolute atomic E-state index is 0.0953. The van der Waals surface area contributed by atoms with Gasteiger partial charge in [-0.05, 0) is 25.5 Å². The lowest BCUT2D eigenvalue weighted by Gasteiger charge is -2.32. The van der Waals surface area contributed by atoms with Crippen LogP contribution in [0, 0.1) is 13.8 Å². The quantitative estimate of drug-likeness (QED) is 0.677. The largest absolute Gasteiger partial charge is 0.483 e. The molecule has 0 aromatic carbocycles. The molecule has 0 aliphatic carbocycles. The molecule has 0 amide bonds. The SMILES string of the molecule is Cc1cnc(Cl)cc1-n1c(C)cc(OC2CN[C@H]2F)c(Cl)c1=O. The summed E-state index contributed by atoms with van der Waals surface area (Å²) in [4.78, 5) is 16.6. The van der Waals surface area contributed by atoms with Gasteiger partial charge in [0.05, 0.1) is 5.69 Å². The second-order valence-corrected chi connectivity index (χ2v) is 6.13. The number of hydrogen-bond donors (Lipinski definition) is 1. The monoisotopic (exact) mass is 357 g/mol. The van der Waals surface area contributed by atoms with Crippen molar-refractivity contribution in [1.29, 1.82) is 0 Å². The number of aromatic nitrogens is 2. The van der Waals surface area contributed by atoms with Crippen LogP contribution in [0.4, 0.5) is 4.39 Å². The van der Waals surface area contributed by atoms with Crippen LogP contribution in [0.1, 0.15) is 11.3 Å². The van der Waals surface area contributed by atoms with Crippen LogP contribution in [-0.4, -0.2) is 28.5 Å². The van der Waals surface area contributed by atoms with E-state index in [2.05, 4.69) is 10.3 Å². The summed E-state index contributed by atoms with van der Waals surface area (Å²) in [6, 6.07) is 3.21. The molecular weight excluding hydrogens is 344 g/mol. The van der Waals surface area contributed by atoms with Gasteiger partial charge in [0.1, 0.15) is 15.9 Å². The standard InChI is InChI=1S/C15H14Cl2FN3O2/c1-7-5-19-12(16)4-9(7)21-8(2)3-10(13(17)15(21)22)23-11-6-20-14(11)18/h3-5,11,14,20H,6H2,1-2H3/t11?,14-/m1/s1. The van der Waals surface area contributed by atoms with Crippen LogP contribution < -0.4 is 15.6 Å². The van der Waals surface area contributed by atoms with Crippen molar-refractivity contribution in [3.63, 3.8) is 0 Å². The van der Waals surface area contributed by atoms with E-state index in [9.17, 15) is 9.18 Å². The van der Waals surface area contributed by atoms with Gasteiger partial charge < -0.3 is 4.74 Å². The van der Waals surface area contributed by atoms with E-state index in [1.807, 2.05) is 6.92 Å². The molecular formula is C15H14Cl2FN3O2. The molecule has 3 rings (SSSR count). The fourth-order valence-electron chi connectivity index (χ4n) is 2.36. The van der Waals surface area contributed by atoms with Crippen molar-refractivity contribution in [2.24, 2.45) is 0 Å². The van der Waals surface area contributed by atoms with E-state index in [4.69, 9.17) is 27.9 Å². The fraction of sp³-hybridized carbons (Fsp3) is 0.333. The number of aryl methyl sites for hydroxylation is 2. The number of rotatable bonds is 3. The predicted molar refractivity (Wildman–Crippen MR) is 86.6 cm³/mol. The average Bonchev–Trinajstić information content (AvgIpc) is 2.51. The zero-order valence-corrected chi connectivity index (χ0v) is 14.0. The van der Waals surface area contributed by atoms with E-state index in [1.54, 1.807) is 25.3 Å². The summed E-state index contributed by atoms with van der Waals surface area (Å²) in [5.74, 6) is 0.178. The minimum Gasteiger partial charge on any atom is -0.483 e. The Hall–Kier alpha value is -1.63. The molecule has 3 heterocycles. The van der Waals surface area contributed by atoms with E-state index in [0.29, 0.717) is 17.9 Å². The molecule has 0 saturated carbocycles. The van der Waals surface area contributed by atoms with Crippen LogP contribution in [0.25, 0.3) is 5.69 Å². The van der Waals surface area contributed by atoms with Crippen LogP contribution in [0.3, 0.4) is 0 Å². The number of halogens is 3. The molecule has 1 aliphatic rings. The van der Waals surface area contributed by atoms with Crippen LogP contribution in [0.2, 0.25) is 10.2 Å². The van der Waals surface area contributed by atoms with Gasteiger partial charge >= 0.3 is 0 Å². The van der Waals surface area contributed by atoms with Gasteiger partial charge in [0, 0.05) is 24.5 Å². The summed E-state index contributed by atoms with van der Waals surface area (Å²) in [5.41, 5.74) is 1.52. The highest BCUT2D eigenvalue weighted by Crippen LogP contribution is 2.27. The summed E-state index contributed by atoms with van der Waals surface area (Å²) in [6.45, 7) is 3.93. The van der Waals surface area contributed by atoms with Gasteiger partial charge in [-0.25, -0.2) is 9.37 Å². The second kappa shape index (κ2) is 6.11. The third kappa shape index (κ3) is 2.94. The molecule has 23 heavy (non-hydrogen) atoms. The molecule has 5 nitrogen and oxygen atoms in total. The van der Waals surface area contributed by atoms with Crippen LogP contribution >= 0.6 is 23.2 Å². The zero-order chi connectivity index (χ0) is 16.7. The van der Waals surface area contributed by atoms with Crippen molar-refractivity contribution in [3.05, 3.63) is 50.1 Å². The Morgan fingerprint density at radius 3 is 2.74 bits per heavy atom. The normalized spacial score (nSPS) is 20.2. The molecule has 1 unspecified atom stereocenters. The Morgan fingerprint density at radius 2 is 2.13 bits per heavy atom. The lowest BCUT2D eigenvalue weighted by Crippen LogP contribution is -2.57. The van der Waals surface area contributed by atoms with Gasteiger partial charge in [0.25, 0.3) is 5.56 Å². The molecule has 1 saturated heterocycles. The summed E-state index contributed by atoms with van der Waals surface area (Å²) < 4.78 is 20.2. The van der Waals surface area contributed by atoms with Gasteiger partial charge in [-0.2, -0.15) is 0 Å². The number of hydrogen-bond acceptors (Lipinski definition) is 4. The maximum atomic E-state index is 13.3. The van der Waals surface area contributed by atoms with Gasteiger partial charge in [-0.3, -0.25) is 14.7 Å². The maximum absolute atomic E-state index is 13.3. The Bertz CT molecular complexity index is 825. The number of alkyl halides is 1. The van der Waals surface area contributed by atoms with Gasteiger partial charge in [0.15, 0.2) is 12.4 Å². The highest BCUT2D eigenvalue weighted by Gasteiger charge is 2.33. The summed E-state index contributed by atoms with van der Waals surface area (Å²) in [6.07, 6.45) is -0.315. The number of pyridine rings is 2. The van der Waals surface area contributed by atoms with E-state index >= 15 is 0 Å². The molecule has 1 N–H and O–H groups in total. The van der Waals surface area contributed by atoms with E-state index in [-0.39, 0.29) is 15.9 Å². The Labute approximate surface area is 142 Å². The van der Waals surface area contributed by atoms with E-state index < -0.39 is 18.0 Å². The Balaban J connectivity index is 2.08. The summed E-state index contributed by atoms with van der Waals surface area (Å²) in [7, 11) is 0. The second-order valence-electron chi connectivity index (χ2n) is 5.36. The first-order valence-corrected chi connectivity index (χ1v) is 7.73. The third-order valence-corrected chi connectivity index (χ3v) is 4.26. The lowest BCUT2D eigenvalue weighted by molar-refractivity contribution is 0.00930. The van der Waals surface area contributed by atoms with E-state index in [1.165, 1.54) is 4.57 Å². The third-order valence-electron chi connectivity index (χ3n) is 3.70. The fourth-order valence-corrected chi connectivity index (χ4v) is 2.70. The number of nitrogens with zero attached hydrogens (tertiary/aromatic N) is 2. The Morgan fingerprint density at radius 1 is 1.39 bits per heavy atom. The molecule has 2 aromatic heterocycles. The van der Waals surface area contributed by atoms with Crippen molar-refractivity contribution in [2.75, 3.05) is 6.54 Å². The minimum atomic E-state index is -1.25. The van der Waals surface area contributed by atoms with Crippen molar-refractivity contribution < 1.29 is 9.13 Å². The molecule has 0 bridgehead atoms. The summed E-state index contributed by atoms with van der Waals surface area (Å²) >= 11 is 12.1. The molecule has 122 valence electrons. The zero-order valence-electron chi connectivity index (χ0n) is 12.4. The van der Waals surface area contributed by atoms with Gasteiger partial charge in [0.2, 0.25) is 0 Å². The van der Waals surface area contributed by atoms with E-state index in [0.717, 1.165) is 5.56 Å². The number of ether oxygens (including phenoxy) is 1. The van der Waals surface area contributed by atoms with Crippen molar-refractivity contribution >= 4 is 23.2 Å². The molecule has 1 aliphatic heterocycles. The van der Waals surface area contributed by atoms with Crippen molar-refractivity contribution in [1.82, 2.24) is 14.9 Å². The molecule has 2 aromatic rings. The summed E-state index contributed by atoms with van der Waals surface area (Å²) in [5, 5.41) is 2.72. The molecule has 2 atom stereocenters. The average molecular weight is 358 g/mol. The topological polar surface area (TPSA) is 56.1 Å². The lowest BCUT2D eigenvalue weighted by atomic mass is 10.2. The highest BCUT2D eigenvalue weighted by molar-refractivity contribution is 6.32. The van der Waals surface area contributed by atoms with Gasteiger partial charge in [-0.15, -0.1) is 0 Å². The Kier molecular flexibility index (Phi) is 4.31. The molecule has 8 heteroatoms. The first-order valence-electron chi connectivity index (χ1n) is 6.97. The van der Waals surface area contributed by atoms with Crippen molar-refractivity contribution in [3.8, 4) is 11.4 Å². The van der Waals surface area contributed by atoms with Crippen molar-refractivity contribution in [2.45, 2.75) is 26.2 Å². The number of nitrogens with one attached hydrogen (secondary N) is 1. The first kappa shape index (κ1) is 16.2.